The minimum Gasteiger partial charge on any atom is -0.166 e. The maximum absolute atomic E-state index is 12.3. The van der Waals surface area contributed by atoms with E-state index < -0.39 is 11.7 Å². The molecule has 0 aliphatic rings. The Morgan fingerprint density at radius 1 is 1.33 bits per heavy atom. The van der Waals surface area contributed by atoms with Gasteiger partial charge in [-0.2, -0.15) is 13.2 Å². The van der Waals surface area contributed by atoms with Crippen LogP contribution in [0.3, 0.4) is 0 Å². The van der Waals surface area contributed by atoms with Gasteiger partial charge in [-0.1, -0.05) is 24.0 Å². The molecule has 0 saturated carbocycles. The van der Waals surface area contributed by atoms with Gasteiger partial charge in [-0.05, 0) is 18.2 Å². The van der Waals surface area contributed by atoms with E-state index in [1.54, 1.807) is 12.1 Å². The minimum atomic E-state index is -4.31. The van der Waals surface area contributed by atoms with Crippen LogP contribution in [0.5, 0.6) is 0 Å². The molecule has 0 saturated heterocycles. The predicted octanol–water partition coefficient (Wildman–Crippen LogP) is 3.63. The van der Waals surface area contributed by atoms with Crippen molar-refractivity contribution in [3.05, 3.63) is 48.0 Å². The Kier molecular flexibility index (Phi) is 3.56. The summed E-state index contributed by atoms with van der Waals surface area (Å²) in [5.41, 5.74) is -0.306. The summed E-state index contributed by atoms with van der Waals surface area (Å²) in [6, 6.07) is 4.96. The number of benzene rings is 1. The summed E-state index contributed by atoms with van der Waals surface area (Å²) in [4.78, 5) is 0. The monoisotopic (exact) mass is 210 g/mol. The van der Waals surface area contributed by atoms with Crippen LogP contribution in [0.15, 0.2) is 36.9 Å². The smallest absolute Gasteiger partial charge is 0.166 e. The molecule has 0 aromatic heterocycles. The van der Waals surface area contributed by atoms with Crippen LogP contribution < -0.4 is 0 Å². The molecule has 0 spiro atoms. The molecule has 15 heavy (non-hydrogen) atoms. The Morgan fingerprint density at radius 3 is 2.67 bits per heavy atom. The number of hydrogen-bond donors (Lipinski definition) is 0. The van der Waals surface area contributed by atoms with Crippen LogP contribution >= 0.6 is 0 Å². The average Bonchev–Trinajstić information content (AvgIpc) is 2.17. The molecule has 0 aliphatic heterocycles. The largest absolute Gasteiger partial charge is 0.416 e. The summed E-state index contributed by atoms with van der Waals surface area (Å²) in [6.07, 6.45) is -2.24. The highest BCUT2D eigenvalue weighted by Gasteiger charge is 2.30. The van der Waals surface area contributed by atoms with Crippen LogP contribution in [0.2, 0.25) is 0 Å². The van der Waals surface area contributed by atoms with E-state index in [0.717, 1.165) is 12.1 Å². The molecule has 78 valence electrons. The van der Waals surface area contributed by atoms with Crippen molar-refractivity contribution in [2.45, 2.75) is 12.6 Å². The van der Waals surface area contributed by atoms with Gasteiger partial charge in [0.2, 0.25) is 0 Å². The van der Waals surface area contributed by atoms with Crippen LogP contribution in [0, 0.1) is 11.8 Å². The summed E-state index contributed by atoms with van der Waals surface area (Å²) in [6.45, 7) is 3.47. The Labute approximate surface area is 86.4 Å². The lowest BCUT2D eigenvalue weighted by atomic mass is 10.1. The summed E-state index contributed by atoms with van der Waals surface area (Å²) >= 11 is 0. The van der Waals surface area contributed by atoms with Gasteiger partial charge >= 0.3 is 6.18 Å². The molecule has 0 N–H and O–H groups in total. The molecule has 0 fully saturated rings. The van der Waals surface area contributed by atoms with E-state index >= 15 is 0 Å². The fourth-order valence-corrected chi connectivity index (χ4v) is 0.999. The molecule has 3 heteroatoms. The molecule has 0 nitrogen and oxygen atoms in total. The third-order valence-corrected chi connectivity index (χ3v) is 1.67. The molecule has 0 bridgehead atoms. The predicted molar refractivity (Wildman–Crippen MR) is 53.1 cm³/mol. The van der Waals surface area contributed by atoms with Gasteiger partial charge in [0.25, 0.3) is 0 Å². The molecule has 1 aromatic carbocycles. The van der Waals surface area contributed by atoms with E-state index in [4.69, 9.17) is 0 Å². The Morgan fingerprint density at radius 2 is 2.07 bits per heavy atom. The molecule has 1 aromatic rings. The maximum Gasteiger partial charge on any atom is 0.416 e. The van der Waals surface area contributed by atoms with E-state index in [2.05, 4.69) is 18.4 Å². The van der Waals surface area contributed by atoms with Gasteiger partial charge in [-0.25, -0.2) is 0 Å². The van der Waals surface area contributed by atoms with Gasteiger partial charge in [-0.3, -0.25) is 0 Å². The second kappa shape index (κ2) is 4.70. The van der Waals surface area contributed by atoms with Crippen LogP contribution in [0.25, 0.3) is 0 Å². The zero-order valence-corrected chi connectivity index (χ0v) is 7.93. The normalized spacial score (nSPS) is 10.3. The van der Waals surface area contributed by atoms with Crippen LogP contribution in [0.4, 0.5) is 13.2 Å². The second-order valence-corrected chi connectivity index (χ2v) is 2.87. The summed E-state index contributed by atoms with van der Waals surface area (Å²) in [7, 11) is 0. The molecular weight excluding hydrogens is 201 g/mol. The molecule has 0 aliphatic carbocycles. The molecule has 0 radical (unpaired) electrons. The molecule has 1 rings (SSSR count). The van der Waals surface area contributed by atoms with Gasteiger partial charge in [-0.15, -0.1) is 6.58 Å². The highest BCUT2D eigenvalue weighted by Crippen LogP contribution is 2.29. The van der Waals surface area contributed by atoms with E-state index in [1.165, 1.54) is 6.07 Å². The molecule has 0 atom stereocenters. The van der Waals surface area contributed by atoms with E-state index in [9.17, 15) is 13.2 Å². The Balaban J connectivity index is 2.94. The second-order valence-electron chi connectivity index (χ2n) is 2.87. The minimum absolute atomic E-state index is 0.367. The fraction of sp³-hybridized carbons (Fsp3) is 0.167. The quantitative estimate of drug-likeness (QED) is 0.490. The average molecular weight is 210 g/mol. The first-order valence-corrected chi connectivity index (χ1v) is 4.31. The van der Waals surface area contributed by atoms with Crippen molar-refractivity contribution in [2.24, 2.45) is 0 Å². The molecule has 0 unspecified atom stereocenters. The lowest BCUT2D eigenvalue weighted by molar-refractivity contribution is -0.137. The van der Waals surface area contributed by atoms with E-state index in [0.29, 0.717) is 12.0 Å². The molecule has 0 amide bonds. The summed E-state index contributed by atoms with van der Waals surface area (Å²) in [5, 5.41) is 0. The van der Waals surface area contributed by atoms with Crippen molar-refractivity contribution in [3.63, 3.8) is 0 Å². The van der Waals surface area contributed by atoms with Crippen LogP contribution in [0.1, 0.15) is 17.5 Å². The maximum atomic E-state index is 12.3. The van der Waals surface area contributed by atoms with Gasteiger partial charge in [0.05, 0.1) is 5.56 Å². The summed E-state index contributed by atoms with van der Waals surface area (Å²) in [5.74, 6) is 5.33. The number of hydrogen-bond acceptors (Lipinski definition) is 0. The van der Waals surface area contributed by atoms with Gasteiger partial charge in [0.15, 0.2) is 0 Å². The molecular formula is C12H9F3. The zero-order chi connectivity index (χ0) is 11.3. The highest BCUT2D eigenvalue weighted by atomic mass is 19.4. The number of alkyl halides is 3. The van der Waals surface area contributed by atoms with Gasteiger partial charge in [0.1, 0.15) is 0 Å². The third kappa shape index (κ3) is 3.51. The lowest BCUT2D eigenvalue weighted by Crippen LogP contribution is -2.04. The van der Waals surface area contributed by atoms with Crippen molar-refractivity contribution in [3.8, 4) is 11.8 Å². The Bertz CT molecular complexity index is 405. The summed E-state index contributed by atoms with van der Waals surface area (Å²) < 4.78 is 36.9. The van der Waals surface area contributed by atoms with E-state index in [1.807, 2.05) is 0 Å². The van der Waals surface area contributed by atoms with Crippen LogP contribution in [-0.2, 0) is 6.18 Å². The first-order chi connectivity index (χ1) is 7.04. The third-order valence-electron chi connectivity index (χ3n) is 1.67. The fourth-order valence-electron chi connectivity index (χ4n) is 0.999. The molecule has 0 heterocycles. The number of halogens is 3. The number of allylic oxidation sites excluding steroid dienone is 1. The topological polar surface area (TPSA) is 0 Å². The number of rotatable bonds is 1. The lowest BCUT2D eigenvalue weighted by Gasteiger charge is -2.05. The first kappa shape index (κ1) is 11.4. The van der Waals surface area contributed by atoms with Gasteiger partial charge in [0, 0.05) is 12.0 Å². The first-order valence-electron chi connectivity index (χ1n) is 4.31. The zero-order valence-electron chi connectivity index (χ0n) is 7.93. The van der Waals surface area contributed by atoms with Crippen LogP contribution in [-0.4, -0.2) is 0 Å². The van der Waals surface area contributed by atoms with Crippen molar-refractivity contribution in [1.29, 1.82) is 0 Å². The van der Waals surface area contributed by atoms with Crippen molar-refractivity contribution in [2.75, 3.05) is 0 Å². The highest BCUT2D eigenvalue weighted by molar-refractivity contribution is 5.38. The van der Waals surface area contributed by atoms with Crippen molar-refractivity contribution >= 4 is 0 Å². The van der Waals surface area contributed by atoms with Gasteiger partial charge < -0.3 is 0 Å². The van der Waals surface area contributed by atoms with E-state index in [-0.39, 0.29) is 0 Å². The Hall–Kier alpha value is -1.69. The van der Waals surface area contributed by atoms with Crippen molar-refractivity contribution < 1.29 is 13.2 Å². The standard InChI is InChI=1S/C12H9F3/c1-2-3-4-6-10-7-5-8-11(9-10)12(13,14)15/h2,5,7-9H,1,3H2. The van der Waals surface area contributed by atoms with Crippen molar-refractivity contribution in [1.82, 2.24) is 0 Å². The SMILES string of the molecule is C=CCC#Cc1cccc(C(F)(F)F)c1.